The highest BCUT2D eigenvalue weighted by Gasteiger charge is 2.14. The molecule has 0 saturated carbocycles. The number of aryl methyl sites for hydroxylation is 1. The zero-order valence-corrected chi connectivity index (χ0v) is 12.1. The maximum atomic E-state index is 12.5. The molecular formula is C17H17N3O. The molecule has 2 aromatic heterocycles. The van der Waals surface area contributed by atoms with E-state index in [9.17, 15) is 4.79 Å². The Morgan fingerprint density at radius 3 is 2.71 bits per heavy atom. The van der Waals surface area contributed by atoms with Crippen LogP contribution in [-0.2, 0) is 0 Å². The minimum atomic E-state index is -0.0700. The molecule has 21 heavy (non-hydrogen) atoms. The predicted molar refractivity (Wildman–Crippen MR) is 82.3 cm³/mol. The molecule has 4 nitrogen and oxygen atoms in total. The maximum Gasteiger partial charge on any atom is 0.253 e. The second kappa shape index (κ2) is 5.40. The third kappa shape index (κ3) is 2.52. The SMILES string of the molecule is Cc1c(C(=O)N[C@H](C)c2ccccc2)ccc2cncn12. The monoisotopic (exact) mass is 279 g/mol. The highest BCUT2D eigenvalue weighted by atomic mass is 16.1. The van der Waals surface area contributed by atoms with Crippen LogP contribution in [0.2, 0.25) is 0 Å². The quantitative estimate of drug-likeness (QED) is 0.800. The van der Waals surface area contributed by atoms with Gasteiger partial charge >= 0.3 is 0 Å². The Morgan fingerprint density at radius 2 is 1.95 bits per heavy atom. The molecule has 0 spiro atoms. The first-order valence-electron chi connectivity index (χ1n) is 6.94. The molecule has 0 aliphatic heterocycles. The summed E-state index contributed by atoms with van der Waals surface area (Å²) in [6.45, 7) is 3.91. The van der Waals surface area contributed by atoms with E-state index in [4.69, 9.17) is 0 Å². The van der Waals surface area contributed by atoms with Gasteiger partial charge in [-0.3, -0.25) is 4.79 Å². The standard InChI is InChI=1S/C17H17N3O/c1-12(14-6-4-3-5-7-14)19-17(21)16-9-8-15-10-18-11-20(15)13(16)2/h3-12H,1-2H3,(H,19,21)/t12-/m1/s1. The van der Waals surface area contributed by atoms with Crippen molar-refractivity contribution in [3.63, 3.8) is 0 Å². The molecule has 1 atom stereocenters. The predicted octanol–water partition coefficient (Wildman–Crippen LogP) is 3.13. The van der Waals surface area contributed by atoms with E-state index >= 15 is 0 Å². The number of imidazole rings is 1. The lowest BCUT2D eigenvalue weighted by Crippen LogP contribution is -2.27. The molecule has 0 radical (unpaired) electrons. The van der Waals surface area contributed by atoms with Crippen LogP contribution in [0.4, 0.5) is 0 Å². The molecule has 3 rings (SSSR count). The summed E-state index contributed by atoms with van der Waals surface area (Å²) >= 11 is 0. The number of aromatic nitrogens is 2. The van der Waals surface area contributed by atoms with Crippen molar-refractivity contribution in [1.82, 2.24) is 14.7 Å². The fraction of sp³-hybridized carbons (Fsp3) is 0.176. The Bertz CT molecular complexity index is 777. The summed E-state index contributed by atoms with van der Waals surface area (Å²) in [6.07, 6.45) is 3.50. The Morgan fingerprint density at radius 1 is 1.19 bits per heavy atom. The van der Waals surface area contributed by atoms with Crippen LogP contribution in [0, 0.1) is 6.92 Å². The number of amides is 1. The van der Waals surface area contributed by atoms with Gasteiger partial charge in [-0.25, -0.2) is 4.98 Å². The van der Waals surface area contributed by atoms with Gasteiger partial charge in [0.25, 0.3) is 5.91 Å². The third-order valence-corrected chi connectivity index (χ3v) is 3.73. The number of benzene rings is 1. The maximum absolute atomic E-state index is 12.5. The van der Waals surface area contributed by atoms with Gasteiger partial charge < -0.3 is 9.72 Å². The number of nitrogens with one attached hydrogen (secondary N) is 1. The van der Waals surface area contributed by atoms with Crippen LogP contribution >= 0.6 is 0 Å². The first-order chi connectivity index (χ1) is 10.2. The molecular weight excluding hydrogens is 262 g/mol. The van der Waals surface area contributed by atoms with E-state index in [1.165, 1.54) is 0 Å². The number of hydrogen-bond acceptors (Lipinski definition) is 2. The summed E-state index contributed by atoms with van der Waals surface area (Å²) < 4.78 is 1.92. The summed E-state index contributed by atoms with van der Waals surface area (Å²) in [7, 11) is 0. The second-order valence-corrected chi connectivity index (χ2v) is 5.13. The summed E-state index contributed by atoms with van der Waals surface area (Å²) in [6, 6.07) is 13.7. The van der Waals surface area contributed by atoms with Crippen molar-refractivity contribution in [1.29, 1.82) is 0 Å². The number of nitrogens with zero attached hydrogens (tertiary/aromatic N) is 2. The van der Waals surface area contributed by atoms with E-state index in [0.29, 0.717) is 5.56 Å². The van der Waals surface area contributed by atoms with E-state index in [1.54, 1.807) is 12.5 Å². The van der Waals surface area contributed by atoms with Crippen LogP contribution in [0.1, 0.15) is 34.6 Å². The van der Waals surface area contributed by atoms with Crippen molar-refractivity contribution in [2.24, 2.45) is 0 Å². The van der Waals surface area contributed by atoms with Crippen molar-refractivity contribution < 1.29 is 4.79 Å². The van der Waals surface area contributed by atoms with Crippen molar-refractivity contribution in [3.8, 4) is 0 Å². The van der Waals surface area contributed by atoms with Crippen molar-refractivity contribution in [2.45, 2.75) is 19.9 Å². The lowest BCUT2D eigenvalue weighted by atomic mass is 10.1. The lowest BCUT2D eigenvalue weighted by molar-refractivity contribution is 0.0938. The van der Waals surface area contributed by atoms with Crippen molar-refractivity contribution in [3.05, 3.63) is 71.8 Å². The molecule has 0 aliphatic carbocycles. The fourth-order valence-electron chi connectivity index (χ4n) is 2.47. The Labute approximate surface area is 123 Å². The number of carbonyl (C=O) groups is 1. The Kier molecular flexibility index (Phi) is 3.44. The van der Waals surface area contributed by atoms with Gasteiger partial charge in [-0.2, -0.15) is 0 Å². The summed E-state index contributed by atoms with van der Waals surface area (Å²) in [5, 5.41) is 3.04. The normalized spacial score (nSPS) is 12.3. The van der Waals surface area contributed by atoms with E-state index < -0.39 is 0 Å². The van der Waals surface area contributed by atoms with Crippen LogP contribution in [0.3, 0.4) is 0 Å². The van der Waals surface area contributed by atoms with Gasteiger partial charge in [-0.05, 0) is 31.5 Å². The molecule has 0 aliphatic rings. The molecule has 4 heteroatoms. The highest BCUT2D eigenvalue weighted by molar-refractivity contribution is 5.95. The minimum Gasteiger partial charge on any atom is -0.345 e. The molecule has 1 aromatic carbocycles. The number of fused-ring (bicyclic) bond motifs is 1. The Hall–Kier alpha value is -2.62. The lowest BCUT2D eigenvalue weighted by Gasteiger charge is -2.15. The zero-order chi connectivity index (χ0) is 14.8. The first kappa shape index (κ1) is 13.4. The number of carbonyl (C=O) groups excluding carboxylic acids is 1. The smallest absolute Gasteiger partial charge is 0.253 e. The van der Waals surface area contributed by atoms with Crippen LogP contribution in [-0.4, -0.2) is 15.3 Å². The average molecular weight is 279 g/mol. The summed E-state index contributed by atoms with van der Waals surface area (Å²) in [5.41, 5.74) is 3.64. The number of hydrogen-bond donors (Lipinski definition) is 1. The van der Waals surface area contributed by atoms with E-state index in [1.807, 2.05) is 60.7 Å². The molecule has 0 unspecified atom stereocenters. The number of rotatable bonds is 3. The van der Waals surface area contributed by atoms with E-state index in [-0.39, 0.29) is 11.9 Å². The van der Waals surface area contributed by atoms with E-state index in [0.717, 1.165) is 16.8 Å². The average Bonchev–Trinajstić information content (AvgIpc) is 2.98. The summed E-state index contributed by atoms with van der Waals surface area (Å²) in [4.78, 5) is 16.6. The molecule has 2 heterocycles. The van der Waals surface area contributed by atoms with Gasteiger partial charge in [0.1, 0.15) is 0 Å². The van der Waals surface area contributed by atoms with Crippen molar-refractivity contribution in [2.75, 3.05) is 0 Å². The third-order valence-electron chi connectivity index (χ3n) is 3.73. The number of pyridine rings is 1. The second-order valence-electron chi connectivity index (χ2n) is 5.13. The molecule has 0 fully saturated rings. The topological polar surface area (TPSA) is 46.4 Å². The highest BCUT2D eigenvalue weighted by Crippen LogP contribution is 2.15. The van der Waals surface area contributed by atoms with Crippen LogP contribution < -0.4 is 5.32 Å². The van der Waals surface area contributed by atoms with Crippen LogP contribution in [0.15, 0.2) is 55.0 Å². The molecule has 1 N–H and O–H groups in total. The molecule has 1 amide bonds. The largest absolute Gasteiger partial charge is 0.345 e. The molecule has 106 valence electrons. The van der Waals surface area contributed by atoms with Crippen LogP contribution in [0.25, 0.3) is 5.52 Å². The van der Waals surface area contributed by atoms with Gasteiger partial charge in [-0.15, -0.1) is 0 Å². The fourth-order valence-corrected chi connectivity index (χ4v) is 2.47. The van der Waals surface area contributed by atoms with E-state index in [2.05, 4.69) is 10.3 Å². The Balaban J connectivity index is 1.85. The van der Waals surface area contributed by atoms with Crippen molar-refractivity contribution >= 4 is 11.4 Å². The zero-order valence-electron chi connectivity index (χ0n) is 12.1. The molecule has 0 saturated heterocycles. The van der Waals surface area contributed by atoms with Crippen LogP contribution in [0.5, 0.6) is 0 Å². The molecule has 0 bridgehead atoms. The summed E-state index contributed by atoms with van der Waals surface area (Å²) in [5.74, 6) is -0.0700. The first-order valence-corrected chi connectivity index (χ1v) is 6.94. The van der Waals surface area contributed by atoms with Gasteiger partial charge in [0.15, 0.2) is 0 Å². The molecule has 3 aromatic rings. The minimum absolute atomic E-state index is 0.0309. The van der Waals surface area contributed by atoms with Gasteiger partial charge in [0.2, 0.25) is 0 Å². The van der Waals surface area contributed by atoms with Gasteiger partial charge in [-0.1, -0.05) is 30.3 Å². The van der Waals surface area contributed by atoms with Gasteiger partial charge in [0.05, 0.1) is 29.6 Å². The van der Waals surface area contributed by atoms with Gasteiger partial charge in [0, 0.05) is 5.69 Å².